The van der Waals surface area contributed by atoms with E-state index in [1.54, 1.807) is 13.2 Å². The molecule has 0 fully saturated rings. The van der Waals surface area contributed by atoms with E-state index < -0.39 is 11.7 Å². The fourth-order valence-electron chi connectivity index (χ4n) is 2.21. The molecule has 0 aliphatic carbocycles. The molecule has 8 heteroatoms. The monoisotopic (exact) mass is 391 g/mol. The van der Waals surface area contributed by atoms with Gasteiger partial charge in [0.1, 0.15) is 6.10 Å². The second-order valence-corrected chi connectivity index (χ2v) is 7.11. The van der Waals surface area contributed by atoms with Gasteiger partial charge in [0, 0.05) is 25.0 Å². The number of carbonyl (C=O) groups excluding carboxylic acids is 1. The third kappa shape index (κ3) is 6.02. The molecule has 0 aliphatic heterocycles. The molecule has 1 heterocycles. The van der Waals surface area contributed by atoms with Crippen LogP contribution in [0.15, 0.2) is 36.4 Å². The number of carbonyl (C=O) groups is 1. The maximum atomic E-state index is 12.5. The Morgan fingerprint density at radius 3 is 2.44 bits per heavy atom. The lowest BCUT2D eigenvalue weighted by Crippen LogP contribution is -2.29. The van der Waals surface area contributed by atoms with Crippen molar-refractivity contribution in [3.8, 4) is 0 Å². The first kappa shape index (κ1) is 19.8. The number of hydrogen-bond acceptors (Lipinski definition) is 3. The first-order valence-corrected chi connectivity index (χ1v) is 8.70. The fourth-order valence-corrected chi connectivity index (χ4v) is 3.35. The molecule has 25 heavy (non-hydrogen) atoms. The summed E-state index contributed by atoms with van der Waals surface area (Å²) in [5, 5.41) is 2.77. The highest BCUT2D eigenvalue weighted by Crippen LogP contribution is 2.29. The Morgan fingerprint density at radius 2 is 1.92 bits per heavy atom. The molecule has 0 aliphatic rings. The number of hydrogen-bond donors (Lipinski definition) is 1. The number of aryl methyl sites for hydroxylation is 1. The van der Waals surface area contributed by atoms with E-state index in [4.69, 9.17) is 16.3 Å². The number of halogens is 4. The second kappa shape index (κ2) is 8.69. The Balaban J connectivity index is 1.80. The summed E-state index contributed by atoms with van der Waals surface area (Å²) in [5.74, 6) is -0.190. The first-order chi connectivity index (χ1) is 11.8. The molecule has 1 amide bonds. The maximum Gasteiger partial charge on any atom is 0.416 e. The summed E-state index contributed by atoms with van der Waals surface area (Å²) < 4.78 is 43.5. The standard InChI is InChI=1S/C17H17ClF3NO2S/c1-24-13(14-7-8-15(18)25-14)10-22-16(23)9-4-11-2-5-12(6-3-11)17(19,20)21/h2-3,5-8,13H,4,9-10H2,1H3,(H,22,23)/t13-/m1/s1. The zero-order valence-corrected chi connectivity index (χ0v) is 15.0. The van der Waals surface area contributed by atoms with Crippen LogP contribution in [0, 0.1) is 0 Å². The molecule has 0 saturated carbocycles. The van der Waals surface area contributed by atoms with Crippen molar-refractivity contribution < 1.29 is 22.7 Å². The van der Waals surface area contributed by atoms with Gasteiger partial charge in [0.2, 0.25) is 5.91 Å². The largest absolute Gasteiger partial charge is 0.416 e. The average molecular weight is 392 g/mol. The number of nitrogens with one attached hydrogen (secondary N) is 1. The Kier molecular flexibility index (Phi) is 6.87. The Bertz CT molecular complexity index is 701. The van der Waals surface area contributed by atoms with Crippen LogP contribution in [-0.4, -0.2) is 19.6 Å². The van der Waals surface area contributed by atoms with Crippen molar-refractivity contribution >= 4 is 28.8 Å². The highest BCUT2D eigenvalue weighted by atomic mass is 35.5. The summed E-state index contributed by atoms with van der Waals surface area (Å²) in [7, 11) is 1.55. The molecule has 0 radical (unpaired) electrons. The third-order valence-corrected chi connectivity index (χ3v) is 4.93. The van der Waals surface area contributed by atoms with E-state index in [1.165, 1.54) is 23.5 Å². The van der Waals surface area contributed by atoms with Gasteiger partial charge in [-0.15, -0.1) is 11.3 Å². The van der Waals surface area contributed by atoms with E-state index in [9.17, 15) is 18.0 Å². The molecular weight excluding hydrogens is 375 g/mol. The number of methoxy groups -OCH3 is 1. The van der Waals surface area contributed by atoms with Crippen molar-refractivity contribution in [3.63, 3.8) is 0 Å². The van der Waals surface area contributed by atoms with Gasteiger partial charge in [-0.25, -0.2) is 0 Å². The SMILES string of the molecule is CO[C@H](CNC(=O)CCc1ccc(C(F)(F)F)cc1)c1ccc(Cl)s1. The molecule has 1 atom stereocenters. The van der Waals surface area contributed by atoms with Crippen LogP contribution >= 0.6 is 22.9 Å². The van der Waals surface area contributed by atoms with Gasteiger partial charge in [-0.05, 0) is 36.2 Å². The number of ether oxygens (including phenoxy) is 1. The molecule has 0 spiro atoms. The van der Waals surface area contributed by atoms with Crippen molar-refractivity contribution in [2.24, 2.45) is 0 Å². The minimum Gasteiger partial charge on any atom is -0.374 e. The van der Waals surface area contributed by atoms with E-state index in [-0.39, 0.29) is 18.4 Å². The highest BCUT2D eigenvalue weighted by Gasteiger charge is 2.29. The van der Waals surface area contributed by atoms with E-state index in [0.717, 1.165) is 17.0 Å². The van der Waals surface area contributed by atoms with Gasteiger partial charge in [0.05, 0.1) is 9.90 Å². The Hall–Kier alpha value is -1.57. The van der Waals surface area contributed by atoms with Gasteiger partial charge in [-0.3, -0.25) is 4.79 Å². The molecule has 1 N–H and O–H groups in total. The first-order valence-electron chi connectivity index (χ1n) is 7.50. The van der Waals surface area contributed by atoms with Crippen LogP contribution in [0.1, 0.15) is 28.5 Å². The molecule has 1 aromatic carbocycles. The zero-order valence-electron chi connectivity index (χ0n) is 13.4. The minimum atomic E-state index is -4.35. The molecular formula is C17H17ClF3NO2S. The lowest BCUT2D eigenvalue weighted by Gasteiger charge is -2.14. The topological polar surface area (TPSA) is 38.3 Å². The van der Waals surface area contributed by atoms with Gasteiger partial charge in [0.15, 0.2) is 0 Å². The lowest BCUT2D eigenvalue weighted by molar-refractivity contribution is -0.137. The quantitative estimate of drug-likeness (QED) is 0.732. The Morgan fingerprint density at radius 1 is 1.24 bits per heavy atom. The van der Waals surface area contributed by atoms with Crippen molar-refractivity contribution in [1.82, 2.24) is 5.32 Å². The molecule has 136 valence electrons. The van der Waals surface area contributed by atoms with Gasteiger partial charge >= 0.3 is 6.18 Å². The van der Waals surface area contributed by atoms with Crippen molar-refractivity contribution in [2.45, 2.75) is 25.1 Å². The van der Waals surface area contributed by atoms with Gasteiger partial charge in [-0.2, -0.15) is 13.2 Å². The van der Waals surface area contributed by atoms with E-state index in [0.29, 0.717) is 22.9 Å². The van der Waals surface area contributed by atoms with Crippen LogP contribution in [-0.2, 0) is 22.1 Å². The van der Waals surface area contributed by atoms with Gasteiger partial charge in [-0.1, -0.05) is 23.7 Å². The van der Waals surface area contributed by atoms with Gasteiger partial charge in [0.25, 0.3) is 0 Å². The van der Waals surface area contributed by atoms with Crippen molar-refractivity contribution in [3.05, 3.63) is 56.7 Å². The van der Waals surface area contributed by atoms with Crippen LogP contribution in [0.3, 0.4) is 0 Å². The molecule has 2 rings (SSSR count). The predicted octanol–water partition coefficient (Wildman–Crippen LogP) is 4.86. The van der Waals surface area contributed by atoms with E-state index in [2.05, 4.69) is 5.32 Å². The number of amides is 1. The van der Waals surface area contributed by atoms with Crippen LogP contribution < -0.4 is 5.32 Å². The molecule has 2 aromatic rings. The summed E-state index contributed by atoms with van der Waals surface area (Å²) in [6.45, 7) is 0.305. The zero-order chi connectivity index (χ0) is 18.4. The second-order valence-electron chi connectivity index (χ2n) is 5.36. The van der Waals surface area contributed by atoms with Crippen LogP contribution in [0.2, 0.25) is 4.34 Å². The minimum absolute atomic E-state index is 0.187. The number of thiophene rings is 1. The summed E-state index contributed by atoms with van der Waals surface area (Å²) in [6, 6.07) is 8.43. The van der Waals surface area contributed by atoms with Crippen LogP contribution in [0.25, 0.3) is 0 Å². The number of benzene rings is 1. The number of alkyl halides is 3. The van der Waals surface area contributed by atoms with Crippen LogP contribution in [0.5, 0.6) is 0 Å². The lowest BCUT2D eigenvalue weighted by atomic mass is 10.1. The van der Waals surface area contributed by atoms with Gasteiger partial charge < -0.3 is 10.1 Å². The summed E-state index contributed by atoms with van der Waals surface area (Å²) >= 11 is 7.27. The molecule has 0 unspecified atom stereocenters. The summed E-state index contributed by atoms with van der Waals surface area (Å²) in [5.41, 5.74) is -0.0188. The highest BCUT2D eigenvalue weighted by molar-refractivity contribution is 7.16. The fraction of sp³-hybridized carbons (Fsp3) is 0.353. The molecule has 3 nitrogen and oxygen atoms in total. The van der Waals surface area contributed by atoms with E-state index >= 15 is 0 Å². The molecule has 0 saturated heterocycles. The summed E-state index contributed by atoms with van der Waals surface area (Å²) in [6.07, 6.45) is -4.08. The van der Waals surface area contributed by atoms with E-state index in [1.807, 2.05) is 6.07 Å². The predicted molar refractivity (Wildman–Crippen MR) is 91.9 cm³/mol. The molecule has 1 aromatic heterocycles. The van der Waals surface area contributed by atoms with Crippen molar-refractivity contribution in [1.29, 1.82) is 0 Å². The third-order valence-electron chi connectivity index (χ3n) is 3.60. The van der Waals surface area contributed by atoms with Crippen molar-refractivity contribution in [2.75, 3.05) is 13.7 Å². The smallest absolute Gasteiger partial charge is 0.374 e. The van der Waals surface area contributed by atoms with Crippen LogP contribution in [0.4, 0.5) is 13.2 Å². The molecule has 0 bridgehead atoms. The maximum absolute atomic E-state index is 12.5. The Labute approximate surface area is 152 Å². The summed E-state index contributed by atoms with van der Waals surface area (Å²) in [4.78, 5) is 12.8. The normalized spacial score (nSPS) is 12.8. The average Bonchev–Trinajstić information content (AvgIpc) is 2.99. The number of rotatable bonds is 7.